The van der Waals surface area contributed by atoms with Crippen molar-refractivity contribution in [3.63, 3.8) is 0 Å². The Labute approximate surface area is 223 Å². The van der Waals surface area contributed by atoms with E-state index in [0.29, 0.717) is 25.9 Å². The van der Waals surface area contributed by atoms with Crippen LogP contribution in [0.4, 0.5) is 0 Å². The van der Waals surface area contributed by atoms with Crippen LogP contribution in [0.5, 0.6) is 0 Å². The van der Waals surface area contributed by atoms with E-state index in [-0.39, 0.29) is 25.4 Å². The normalized spacial score (nSPS) is 25.3. The summed E-state index contributed by atoms with van der Waals surface area (Å²) < 4.78 is 31.6. The highest BCUT2D eigenvalue weighted by Crippen LogP contribution is 2.42. The Bertz CT molecular complexity index is 1020. The first-order chi connectivity index (χ1) is 18.0. The molecule has 0 bridgehead atoms. The molecular weight excluding hydrogens is 496 g/mol. The zero-order chi connectivity index (χ0) is 27.9. The topological polar surface area (TPSA) is 156 Å². The molecule has 12 nitrogen and oxygen atoms in total. The summed E-state index contributed by atoms with van der Waals surface area (Å²) in [4.78, 5) is 38.2. The highest BCUT2D eigenvalue weighted by molar-refractivity contribution is 5.76. The van der Waals surface area contributed by atoms with Gasteiger partial charge in [-0.3, -0.25) is 14.6 Å². The fourth-order valence-electron chi connectivity index (χ4n) is 4.64. The van der Waals surface area contributed by atoms with Crippen LogP contribution in [0.3, 0.4) is 0 Å². The summed E-state index contributed by atoms with van der Waals surface area (Å²) in [6, 6.07) is 0.618. The molecule has 2 aliphatic rings. The van der Waals surface area contributed by atoms with Crippen LogP contribution in [0.2, 0.25) is 0 Å². The molecule has 3 heterocycles. The Hall–Kier alpha value is -2.09. The predicted octanol–water partition coefficient (Wildman–Crippen LogP) is 1.01. The van der Waals surface area contributed by atoms with Crippen LogP contribution in [0.1, 0.15) is 66.7 Å². The number of hydrogen-bond donors (Lipinski definition) is 3. The summed E-state index contributed by atoms with van der Waals surface area (Å²) in [5.74, 6) is -1.10. The molecule has 0 aromatic carbocycles. The average molecular weight is 541 g/mol. The minimum absolute atomic E-state index is 0.0292. The van der Waals surface area contributed by atoms with Gasteiger partial charge in [-0.25, -0.2) is 4.79 Å². The molecule has 216 valence electrons. The van der Waals surface area contributed by atoms with Crippen molar-refractivity contribution in [3.05, 3.63) is 33.1 Å². The number of rotatable bonds is 14. The quantitative estimate of drug-likeness (QED) is 0.230. The van der Waals surface area contributed by atoms with Gasteiger partial charge in [-0.15, -0.1) is 0 Å². The minimum atomic E-state index is -0.712. The number of hydrogen-bond acceptors (Lipinski definition) is 10. The summed E-state index contributed by atoms with van der Waals surface area (Å²) in [5, 5.41) is 3.24. The Morgan fingerprint density at radius 2 is 1.89 bits per heavy atom. The van der Waals surface area contributed by atoms with E-state index in [2.05, 4.69) is 10.3 Å². The smallest absolute Gasteiger partial charge is 0.328 e. The van der Waals surface area contributed by atoms with Gasteiger partial charge in [0.2, 0.25) is 0 Å². The second-order valence-corrected chi connectivity index (χ2v) is 10.8. The number of carbonyl (C=O) groups is 1. The molecule has 5 atom stereocenters. The number of carbonyl (C=O) groups excluding carboxylic acids is 1. The molecule has 0 amide bonds. The van der Waals surface area contributed by atoms with Crippen LogP contribution in [-0.4, -0.2) is 77.2 Å². The number of esters is 1. The highest BCUT2D eigenvalue weighted by Gasteiger charge is 2.57. The molecule has 4 N–H and O–H groups in total. The molecule has 0 aliphatic carbocycles. The lowest BCUT2D eigenvalue weighted by Crippen LogP contribution is -2.46. The van der Waals surface area contributed by atoms with Crippen molar-refractivity contribution >= 4 is 5.97 Å². The molecule has 3 rings (SSSR count). The molecule has 0 saturated carbocycles. The fraction of sp³-hybridized carbons (Fsp3) is 0.808. The van der Waals surface area contributed by atoms with Gasteiger partial charge in [0.15, 0.2) is 12.1 Å². The van der Waals surface area contributed by atoms with Crippen LogP contribution in [0.15, 0.2) is 21.9 Å². The summed E-state index contributed by atoms with van der Waals surface area (Å²) >= 11 is 0. The van der Waals surface area contributed by atoms with Crippen LogP contribution < -0.4 is 22.3 Å². The lowest BCUT2D eigenvalue weighted by molar-refractivity contribution is -0.248. The number of aromatic amines is 1. The number of unbranched alkanes of at least 4 members (excludes halogenated alkanes) is 2. The van der Waals surface area contributed by atoms with E-state index in [4.69, 9.17) is 29.4 Å². The van der Waals surface area contributed by atoms with Crippen LogP contribution in [0, 0.1) is 0 Å². The van der Waals surface area contributed by atoms with Crippen molar-refractivity contribution in [3.8, 4) is 0 Å². The molecule has 2 aliphatic heterocycles. The zero-order valence-electron chi connectivity index (χ0n) is 23.2. The second kappa shape index (κ2) is 13.3. The maximum absolute atomic E-state index is 12.9. The van der Waals surface area contributed by atoms with Crippen molar-refractivity contribution < 1.29 is 28.5 Å². The van der Waals surface area contributed by atoms with Crippen LogP contribution >= 0.6 is 0 Å². The lowest BCUT2D eigenvalue weighted by atomic mass is 10.1. The van der Waals surface area contributed by atoms with Gasteiger partial charge in [0.1, 0.15) is 30.0 Å². The number of H-pyrrole nitrogens is 1. The Morgan fingerprint density at radius 3 is 2.53 bits per heavy atom. The maximum atomic E-state index is 12.9. The zero-order valence-corrected chi connectivity index (χ0v) is 23.2. The van der Waals surface area contributed by atoms with Gasteiger partial charge in [0.05, 0.1) is 6.61 Å². The molecule has 0 unspecified atom stereocenters. The molecular formula is C26H44N4O8. The average Bonchev–Trinajstić information content (AvgIpc) is 3.39. The minimum Gasteiger partial charge on any atom is -0.459 e. The lowest BCUT2D eigenvalue weighted by Gasteiger charge is -2.29. The largest absolute Gasteiger partial charge is 0.459 e. The molecule has 12 heteroatoms. The molecule has 1 aromatic rings. The first-order valence-corrected chi connectivity index (χ1v) is 13.6. The van der Waals surface area contributed by atoms with E-state index in [1.165, 1.54) is 16.8 Å². The van der Waals surface area contributed by atoms with Crippen molar-refractivity contribution in [2.24, 2.45) is 5.73 Å². The van der Waals surface area contributed by atoms with Gasteiger partial charge in [0.25, 0.3) is 5.56 Å². The molecule has 0 spiro atoms. The number of nitrogens with zero attached hydrogens (tertiary/aromatic N) is 1. The SMILES string of the molecule is CCC1(CC)O[C@H]2[C@H](OC[C@H](NCCCCCn3ccc(=O)[nH]c3=O)C(=O)OC(C)(C)C)O[C@H](CN)[C@H]2O1. The number of nitrogens with one attached hydrogen (secondary N) is 2. The van der Waals surface area contributed by atoms with Gasteiger partial charge < -0.3 is 39.3 Å². The van der Waals surface area contributed by atoms with Crippen molar-refractivity contribution in [1.82, 2.24) is 14.9 Å². The molecule has 2 saturated heterocycles. The molecule has 1 aromatic heterocycles. The van der Waals surface area contributed by atoms with Crippen LogP contribution in [-0.2, 0) is 35.0 Å². The van der Waals surface area contributed by atoms with E-state index in [1.54, 1.807) is 0 Å². The number of fused-ring (bicyclic) bond motifs is 1. The van der Waals surface area contributed by atoms with Crippen molar-refractivity contribution in [2.75, 3.05) is 19.7 Å². The van der Waals surface area contributed by atoms with Gasteiger partial charge in [0, 0.05) is 25.4 Å². The monoisotopic (exact) mass is 540 g/mol. The van der Waals surface area contributed by atoms with Gasteiger partial charge >= 0.3 is 11.7 Å². The van der Waals surface area contributed by atoms with Crippen LogP contribution in [0.25, 0.3) is 0 Å². The van der Waals surface area contributed by atoms with E-state index in [0.717, 1.165) is 19.3 Å². The van der Waals surface area contributed by atoms with Gasteiger partial charge in [-0.1, -0.05) is 20.3 Å². The third-order valence-electron chi connectivity index (χ3n) is 6.76. The number of aromatic nitrogens is 2. The molecule has 0 radical (unpaired) electrons. The van der Waals surface area contributed by atoms with E-state index >= 15 is 0 Å². The highest BCUT2D eigenvalue weighted by atomic mass is 16.8. The van der Waals surface area contributed by atoms with Crippen molar-refractivity contribution in [2.45, 2.75) is 115 Å². The Morgan fingerprint density at radius 1 is 1.18 bits per heavy atom. The Balaban J connectivity index is 1.53. The first-order valence-electron chi connectivity index (χ1n) is 13.6. The summed E-state index contributed by atoms with van der Waals surface area (Å²) in [5.41, 5.74) is 4.44. The number of nitrogens with two attached hydrogens (primary N) is 1. The molecule has 38 heavy (non-hydrogen) atoms. The summed E-state index contributed by atoms with van der Waals surface area (Å²) in [6.07, 6.45) is 3.38. The summed E-state index contributed by atoms with van der Waals surface area (Å²) in [6.45, 7) is 10.8. The fourth-order valence-corrected chi connectivity index (χ4v) is 4.64. The first kappa shape index (κ1) is 30.5. The number of aryl methyl sites for hydroxylation is 1. The second-order valence-electron chi connectivity index (χ2n) is 10.8. The third kappa shape index (κ3) is 7.96. The van der Waals surface area contributed by atoms with Crippen molar-refractivity contribution in [1.29, 1.82) is 0 Å². The van der Waals surface area contributed by atoms with E-state index in [9.17, 15) is 14.4 Å². The predicted molar refractivity (Wildman–Crippen MR) is 140 cm³/mol. The van der Waals surface area contributed by atoms with Gasteiger partial charge in [-0.05, 0) is 53.0 Å². The third-order valence-corrected chi connectivity index (χ3v) is 6.76. The standard InChI is InChI=1S/C26H44N4O8/c1-6-26(7-2)36-20-18(15-27)35-23(21(20)37-26)34-16-17(22(32)38-25(3,4)5)28-12-9-8-10-13-30-14-11-19(31)29-24(30)33/h11,14,17-18,20-21,23,28H,6-10,12-13,15-16,27H2,1-5H3,(H,29,31,33)/t17-,18+,20+,21+,23+/m0/s1. The van der Waals surface area contributed by atoms with E-state index in [1.807, 2.05) is 34.6 Å². The number of ether oxygens (including phenoxy) is 5. The maximum Gasteiger partial charge on any atom is 0.328 e. The molecule has 2 fully saturated rings. The summed E-state index contributed by atoms with van der Waals surface area (Å²) in [7, 11) is 0. The van der Waals surface area contributed by atoms with E-state index < -0.39 is 47.0 Å². The Kier molecular flexibility index (Phi) is 10.7. The van der Waals surface area contributed by atoms with Gasteiger partial charge in [-0.2, -0.15) is 0 Å².